The summed E-state index contributed by atoms with van der Waals surface area (Å²) in [5.74, 6) is 0. The van der Waals surface area contributed by atoms with Crippen molar-refractivity contribution in [1.29, 1.82) is 0 Å². The maximum Gasteiger partial charge on any atom is 0.0811 e. The summed E-state index contributed by atoms with van der Waals surface area (Å²) in [7, 11) is 0. The summed E-state index contributed by atoms with van der Waals surface area (Å²) >= 11 is 0. The fourth-order valence-electron chi connectivity index (χ4n) is 14.8. The summed E-state index contributed by atoms with van der Waals surface area (Å²) < 4.78 is 10.5. The largest absolute Gasteiger partial charge is 0.306 e. The lowest BCUT2D eigenvalue weighted by atomic mass is 9.89. The Morgan fingerprint density at radius 2 is 0.456 bits per heavy atom. The van der Waals surface area contributed by atoms with Crippen molar-refractivity contribution < 1.29 is 0 Å². The summed E-state index contributed by atoms with van der Waals surface area (Å²) in [6.45, 7) is 17.8. The molecule has 0 fully saturated rings. The van der Waals surface area contributed by atoms with Crippen LogP contribution in [0.1, 0.15) is 44.5 Å². The molecule has 0 N–H and O–H groups in total. The molecule has 430 valence electrons. The summed E-state index contributed by atoms with van der Waals surface area (Å²) in [6.07, 6.45) is 3.96. The molecule has 0 saturated carbocycles. The molecule has 0 spiro atoms. The molecule has 0 unspecified atom stereocenters. The third kappa shape index (κ3) is 8.17. The zero-order valence-corrected chi connectivity index (χ0v) is 51.8. The van der Waals surface area contributed by atoms with Gasteiger partial charge in [-0.25, -0.2) is 4.98 Å². The van der Waals surface area contributed by atoms with E-state index in [2.05, 4.69) is 304 Å². The molecule has 6 heterocycles. The van der Waals surface area contributed by atoms with Crippen LogP contribution in [0.3, 0.4) is 0 Å². The summed E-state index contributed by atoms with van der Waals surface area (Å²) in [4.78, 5) is 10.5. The first kappa shape index (κ1) is 53.2. The molecule has 17 aromatic rings. The van der Waals surface area contributed by atoms with Crippen LogP contribution in [0.25, 0.3) is 155 Å². The number of benzene rings is 11. The summed E-state index contributed by atoms with van der Waals surface area (Å²) in [5.41, 5.74) is 30.5. The van der Waals surface area contributed by atoms with Crippen LogP contribution >= 0.6 is 0 Å². The molecule has 6 nitrogen and oxygen atoms in total. The van der Waals surface area contributed by atoms with E-state index in [1.807, 2.05) is 12.4 Å². The second-order valence-corrected chi connectivity index (χ2v) is 25.2. The van der Waals surface area contributed by atoms with Crippen molar-refractivity contribution in [1.82, 2.24) is 28.2 Å². The Hall–Kier alpha value is -11.1. The first-order valence-corrected chi connectivity index (χ1v) is 31.3. The van der Waals surface area contributed by atoms with E-state index in [4.69, 9.17) is 9.97 Å². The van der Waals surface area contributed by atoms with Gasteiger partial charge in [0.15, 0.2) is 0 Å². The monoisotopic (exact) mass is 1160 g/mol. The van der Waals surface area contributed by atoms with Gasteiger partial charge in [0.2, 0.25) is 0 Å². The lowest BCUT2D eigenvalue weighted by Crippen LogP contribution is -2.16. The van der Waals surface area contributed by atoms with Crippen LogP contribution in [0.2, 0.25) is 0 Å². The molecule has 90 heavy (non-hydrogen) atoms. The van der Waals surface area contributed by atoms with Gasteiger partial charge in [0.25, 0.3) is 0 Å². The average molecular weight is 1160 g/mol. The highest BCUT2D eigenvalue weighted by molar-refractivity contribution is 6.19. The number of nitrogens with zero attached hydrogens (tertiary/aromatic N) is 6. The second-order valence-electron chi connectivity index (χ2n) is 25.2. The molecule has 11 aromatic carbocycles. The molecule has 0 bridgehead atoms. The molecular weight excluding hydrogens is 1090 g/mol. The number of rotatable bonds is 8. The van der Waals surface area contributed by atoms with E-state index in [9.17, 15) is 0 Å². The second kappa shape index (κ2) is 20.2. The topological polar surface area (TPSA) is 45.5 Å². The molecule has 0 amide bonds. The zero-order valence-electron chi connectivity index (χ0n) is 51.8. The van der Waals surface area contributed by atoms with Gasteiger partial charge in [0, 0.05) is 77.7 Å². The van der Waals surface area contributed by atoms with E-state index < -0.39 is 0 Å². The van der Waals surface area contributed by atoms with Gasteiger partial charge in [-0.15, -0.1) is 0 Å². The number of aromatic nitrogens is 6. The van der Waals surface area contributed by atoms with Gasteiger partial charge in [0.1, 0.15) is 0 Å². The van der Waals surface area contributed by atoms with Crippen LogP contribution in [-0.4, -0.2) is 28.2 Å². The Balaban J connectivity index is 1.27. The van der Waals surface area contributed by atoms with Crippen LogP contribution in [0, 0.1) is 55.4 Å². The molecule has 17 rings (SSSR count). The van der Waals surface area contributed by atoms with Gasteiger partial charge in [0.05, 0.1) is 78.3 Å². The minimum absolute atomic E-state index is 0.873. The molecule has 6 aromatic heterocycles. The van der Waals surface area contributed by atoms with E-state index in [0.29, 0.717) is 0 Å². The number of hydrogen-bond acceptors (Lipinski definition) is 2. The lowest BCUT2D eigenvalue weighted by Gasteiger charge is -2.31. The highest BCUT2D eigenvalue weighted by atomic mass is 15.1. The molecule has 0 radical (unpaired) electrons. The Kier molecular flexibility index (Phi) is 12.0. The zero-order chi connectivity index (χ0) is 60.8. The molecule has 0 atom stereocenters. The van der Waals surface area contributed by atoms with E-state index in [-0.39, 0.29) is 0 Å². The summed E-state index contributed by atoms with van der Waals surface area (Å²) in [5, 5.41) is 9.53. The quantitative estimate of drug-likeness (QED) is 0.152. The number of hydrogen-bond donors (Lipinski definition) is 0. The van der Waals surface area contributed by atoms with Crippen molar-refractivity contribution >= 4 is 87.2 Å². The minimum atomic E-state index is 0.873. The molecule has 6 heteroatoms. The van der Waals surface area contributed by atoms with Crippen LogP contribution in [0.4, 0.5) is 0 Å². The number of fused-ring (bicyclic) bond motifs is 12. The van der Waals surface area contributed by atoms with E-state index in [1.54, 1.807) is 0 Å². The third-order valence-electron chi connectivity index (χ3n) is 18.8. The van der Waals surface area contributed by atoms with Gasteiger partial charge in [-0.05, 0) is 188 Å². The van der Waals surface area contributed by atoms with Crippen molar-refractivity contribution in [2.45, 2.75) is 55.4 Å². The van der Waals surface area contributed by atoms with Crippen LogP contribution in [0.15, 0.2) is 243 Å². The number of pyridine rings is 2. The first-order valence-electron chi connectivity index (χ1n) is 31.3. The van der Waals surface area contributed by atoms with Crippen LogP contribution < -0.4 is 0 Å². The smallest absolute Gasteiger partial charge is 0.0811 e. The van der Waals surface area contributed by atoms with Gasteiger partial charge >= 0.3 is 0 Å². The van der Waals surface area contributed by atoms with Crippen molar-refractivity contribution in [3.63, 3.8) is 0 Å². The Morgan fingerprint density at radius 1 is 0.222 bits per heavy atom. The third-order valence-corrected chi connectivity index (χ3v) is 18.8. The van der Waals surface area contributed by atoms with Crippen molar-refractivity contribution in [3.8, 4) is 67.5 Å². The normalized spacial score (nSPS) is 12.0. The van der Waals surface area contributed by atoms with Gasteiger partial charge in [-0.1, -0.05) is 154 Å². The van der Waals surface area contributed by atoms with Crippen molar-refractivity contribution in [2.75, 3.05) is 0 Å². The maximum absolute atomic E-state index is 5.70. The standard InChI is InChI=1S/C84H64N6/c1-49-19-27-71-61(39-49)62-40-50(2)20-28-72(62)87(71)81-79(59-35-37-85-38-36-59)82(88-73-29-21-51(3)41-63(73)64-42-52(4)22-30-74(64)88)84(90-77-33-25-55(7)45-67(77)68-46-56(8)26-34-78(68)90)80(83(81)89-75-31-23-53(5)43-65(75)66-44-54(6)24-32-76(66)89)60-47-69(57-15-11-9-12-16-57)86-70(48-60)58-17-13-10-14-18-58/h9-48H,1-8H3. The maximum atomic E-state index is 5.70. The summed E-state index contributed by atoms with van der Waals surface area (Å²) in [6, 6.07) is 87.2. The van der Waals surface area contributed by atoms with E-state index in [0.717, 1.165) is 112 Å². The molecular formula is C84H64N6. The predicted molar refractivity (Wildman–Crippen MR) is 379 cm³/mol. The lowest BCUT2D eigenvalue weighted by molar-refractivity contribution is 1.05. The molecule has 0 aliphatic carbocycles. The van der Waals surface area contributed by atoms with Crippen molar-refractivity contribution in [2.24, 2.45) is 0 Å². The van der Waals surface area contributed by atoms with E-state index in [1.165, 1.54) is 87.6 Å². The molecule has 0 aliphatic heterocycles. The Morgan fingerprint density at radius 3 is 0.700 bits per heavy atom. The highest BCUT2D eigenvalue weighted by Crippen LogP contribution is 2.55. The van der Waals surface area contributed by atoms with Gasteiger partial charge < -0.3 is 18.3 Å². The first-order chi connectivity index (χ1) is 43.9. The van der Waals surface area contributed by atoms with Crippen LogP contribution in [-0.2, 0) is 0 Å². The minimum Gasteiger partial charge on any atom is -0.306 e. The fourth-order valence-corrected chi connectivity index (χ4v) is 14.8. The Bertz CT molecular complexity index is 5280. The van der Waals surface area contributed by atoms with Gasteiger partial charge in [-0.3, -0.25) is 4.98 Å². The van der Waals surface area contributed by atoms with E-state index >= 15 is 0 Å². The average Bonchev–Trinajstić information content (AvgIpc) is 1.40. The fraction of sp³-hybridized carbons (Fsp3) is 0.0952. The highest BCUT2D eigenvalue weighted by Gasteiger charge is 2.36. The molecule has 0 aliphatic rings. The SMILES string of the molecule is Cc1ccc2c(c1)c1cc(C)ccc1n2-c1c(-c2ccncc2)c(-n2c3ccc(C)cc3c3cc(C)ccc32)c(-n2c3ccc(C)cc3c3cc(C)ccc32)c(-c2cc(-c3ccccc3)nc(-c3ccccc3)c2)c1-n1c2ccc(C)cc2c2cc(C)ccc21. The van der Waals surface area contributed by atoms with Crippen molar-refractivity contribution in [3.05, 3.63) is 287 Å². The predicted octanol–water partition coefficient (Wildman–Crippen LogP) is 22.0. The van der Waals surface area contributed by atoms with Crippen LogP contribution in [0.5, 0.6) is 0 Å². The molecule has 0 saturated heterocycles. The van der Waals surface area contributed by atoms with Gasteiger partial charge in [-0.2, -0.15) is 0 Å². The number of aryl methyl sites for hydroxylation is 8. The Labute approximate surface area is 522 Å².